The maximum absolute atomic E-state index is 12.9. The van der Waals surface area contributed by atoms with Crippen molar-refractivity contribution in [1.29, 1.82) is 0 Å². The minimum Gasteiger partial charge on any atom is -0.394 e. The summed E-state index contributed by atoms with van der Waals surface area (Å²) in [4.78, 5) is 37.8. The van der Waals surface area contributed by atoms with Crippen LogP contribution in [0.1, 0.15) is 48.0 Å². The van der Waals surface area contributed by atoms with E-state index in [4.69, 9.17) is 0 Å². The molecule has 0 radical (unpaired) electrons. The van der Waals surface area contributed by atoms with E-state index in [1.807, 2.05) is 19.1 Å². The zero-order valence-corrected chi connectivity index (χ0v) is 18.9. The Bertz CT molecular complexity index is 906. The standard InChI is InChI=1S/C23H32N6O3/c1-4-18(15-30)27-22(31)17-7-8-20(25-14-17)23(32)29-12-10-28(11-13-29)21-19(26-16(2)3)6-5-9-24-21/h5-9,14,16,18,26,30H,4,10-13,15H2,1-3H3,(H,27,31). The Kier molecular flexibility index (Phi) is 7.99. The van der Waals surface area contributed by atoms with Crippen LogP contribution in [0.15, 0.2) is 36.7 Å². The second-order valence-corrected chi connectivity index (χ2v) is 8.15. The van der Waals surface area contributed by atoms with E-state index in [0.717, 1.165) is 11.5 Å². The Morgan fingerprint density at radius 3 is 2.47 bits per heavy atom. The molecule has 2 amide bonds. The van der Waals surface area contributed by atoms with Crippen molar-refractivity contribution in [2.24, 2.45) is 0 Å². The predicted octanol–water partition coefficient (Wildman–Crippen LogP) is 1.76. The highest BCUT2D eigenvalue weighted by molar-refractivity contribution is 5.96. The average molecular weight is 441 g/mol. The number of amides is 2. The number of anilines is 2. The van der Waals surface area contributed by atoms with Crippen LogP contribution in [0, 0.1) is 0 Å². The fraction of sp³-hybridized carbons (Fsp3) is 0.478. The Balaban J connectivity index is 1.59. The van der Waals surface area contributed by atoms with Gasteiger partial charge in [0.2, 0.25) is 0 Å². The summed E-state index contributed by atoms with van der Waals surface area (Å²) >= 11 is 0. The number of piperazine rings is 1. The van der Waals surface area contributed by atoms with Gasteiger partial charge in [-0.15, -0.1) is 0 Å². The van der Waals surface area contributed by atoms with Crippen molar-refractivity contribution in [3.63, 3.8) is 0 Å². The van der Waals surface area contributed by atoms with Crippen molar-refractivity contribution in [2.45, 2.75) is 39.3 Å². The normalized spacial score (nSPS) is 14.9. The summed E-state index contributed by atoms with van der Waals surface area (Å²) < 4.78 is 0. The SMILES string of the molecule is CCC(CO)NC(=O)c1ccc(C(=O)N2CCN(c3ncccc3NC(C)C)CC2)nc1. The average Bonchev–Trinajstić information content (AvgIpc) is 2.82. The summed E-state index contributed by atoms with van der Waals surface area (Å²) in [6.07, 6.45) is 3.82. The van der Waals surface area contributed by atoms with Crippen molar-refractivity contribution < 1.29 is 14.7 Å². The molecule has 9 heteroatoms. The van der Waals surface area contributed by atoms with E-state index < -0.39 is 0 Å². The molecule has 1 atom stereocenters. The lowest BCUT2D eigenvalue weighted by Gasteiger charge is -2.36. The first kappa shape index (κ1) is 23.5. The summed E-state index contributed by atoms with van der Waals surface area (Å²) in [5, 5.41) is 15.4. The highest BCUT2D eigenvalue weighted by Gasteiger charge is 2.25. The van der Waals surface area contributed by atoms with Gasteiger partial charge in [0.1, 0.15) is 5.69 Å². The molecule has 1 fully saturated rings. The number of rotatable bonds is 8. The third-order valence-corrected chi connectivity index (χ3v) is 5.39. The summed E-state index contributed by atoms with van der Waals surface area (Å²) in [7, 11) is 0. The molecule has 1 aliphatic heterocycles. The highest BCUT2D eigenvalue weighted by atomic mass is 16.3. The van der Waals surface area contributed by atoms with Crippen molar-refractivity contribution in [3.05, 3.63) is 47.9 Å². The largest absolute Gasteiger partial charge is 0.394 e. The number of aliphatic hydroxyl groups excluding tert-OH is 1. The third-order valence-electron chi connectivity index (χ3n) is 5.39. The molecule has 1 unspecified atom stereocenters. The fourth-order valence-corrected chi connectivity index (χ4v) is 3.56. The summed E-state index contributed by atoms with van der Waals surface area (Å²) in [6, 6.07) is 7.10. The van der Waals surface area contributed by atoms with Crippen molar-refractivity contribution in [2.75, 3.05) is 43.0 Å². The van der Waals surface area contributed by atoms with Gasteiger partial charge >= 0.3 is 0 Å². The van der Waals surface area contributed by atoms with Gasteiger partial charge in [0.15, 0.2) is 5.82 Å². The van der Waals surface area contributed by atoms with E-state index >= 15 is 0 Å². The van der Waals surface area contributed by atoms with E-state index in [-0.39, 0.29) is 24.5 Å². The smallest absolute Gasteiger partial charge is 0.272 e. The monoisotopic (exact) mass is 440 g/mol. The molecular formula is C23H32N6O3. The van der Waals surface area contributed by atoms with Gasteiger partial charge < -0.3 is 25.5 Å². The molecule has 9 nitrogen and oxygen atoms in total. The van der Waals surface area contributed by atoms with Crippen LogP contribution in [0.5, 0.6) is 0 Å². The number of pyridine rings is 2. The maximum atomic E-state index is 12.9. The van der Waals surface area contributed by atoms with Gasteiger partial charge in [-0.1, -0.05) is 6.92 Å². The van der Waals surface area contributed by atoms with E-state index in [2.05, 4.69) is 39.3 Å². The lowest BCUT2D eigenvalue weighted by Crippen LogP contribution is -2.49. The summed E-state index contributed by atoms with van der Waals surface area (Å²) in [5.41, 5.74) is 1.66. The van der Waals surface area contributed by atoms with Gasteiger partial charge in [0.25, 0.3) is 11.8 Å². The van der Waals surface area contributed by atoms with Crippen LogP contribution in [0.2, 0.25) is 0 Å². The molecular weight excluding hydrogens is 408 g/mol. The molecule has 3 N–H and O–H groups in total. The van der Waals surface area contributed by atoms with Gasteiger partial charge in [0, 0.05) is 44.6 Å². The summed E-state index contributed by atoms with van der Waals surface area (Å²) in [6.45, 7) is 8.42. The van der Waals surface area contributed by atoms with Crippen molar-refractivity contribution >= 4 is 23.3 Å². The molecule has 3 heterocycles. The number of hydrogen-bond acceptors (Lipinski definition) is 7. The number of nitrogens with zero attached hydrogens (tertiary/aromatic N) is 4. The van der Waals surface area contributed by atoms with Crippen LogP contribution in [-0.4, -0.2) is 76.7 Å². The van der Waals surface area contributed by atoms with E-state index in [1.54, 1.807) is 23.2 Å². The van der Waals surface area contributed by atoms with Crippen molar-refractivity contribution in [1.82, 2.24) is 20.2 Å². The first-order valence-electron chi connectivity index (χ1n) is 11.1. The molecule has 0 aromatic carbocycles. The van der Waals surface area contributed by atoms with Gasteiger partial charge in [-0.2, -0.15) is 0 Å². The minimum atomic E-state index is -0.313. The van der Waals surface area contributed by atoms with Crippen molar-refractivity contribution in [3.8, 4) is 0 Å². The maximum Gasteiger partial charge on any atom is 0.272 e. The molecule has 1 saturated heterocycles. The number of hydrogen-bond donors (Lipinski definition) is 3. The number of aliphatic hydroxyl groups is 1. The van der Waals surface area contributed by atoms with Gasteiger partial charge in [-0.3, -0.25) is 14.6 Å². The van der Waals surface area contributed by atoms with Gasteiger partial charge in [-0.25, -0.2) is 4.98 Å². The second kappa shape index (κ2) is 10.9. The molecule has 0 spiro atoms. The molecule has 172 valence electrons. The number of aromatic nitrogens is 2. The Labute approximate surface area is 188 Å². The highest BCUT2D eigenvalue weighted by Crippen LogP contribution is 2.24. The first-order chi connectivity index (χ1) is 15.4. The van der Waals surface area contributed by atoms with E-state index in [1.165, 1.54) is 6.20 Å². The molecule has 1 aliphatic rings. The zero-order valence-electron chi connectivity index (χ0n) is 18.9. The molecule has 0 aliphatic carbocycles. The predicted molar refractivity (Wildman–Crippen MR) is 124 cm³/mol. The Morgan fingerprint density at radius 2 is 1.88 bits per heavy atom. The zero-order chi connectivity index (χ0) is 23.1. The molecule has 32 heavy (non-hydrogen) atoms. The molecule has 2 aromatic rings. The molecule has 3 rings (SSSR count). The van der Waals surface area contributed by atoms with E-state index in [0.29, 0.717) is 49.9 Å². The lowest BCUT2D eigenvalue weighted by molar-refractivity contribution is 0.0739. The van der Waals surface area contributed by atoms with E-state index in [9.17, 15) is 14.7 Å². The molecule has 2 aromatic heterocycles. The van der Waals surface area contributed by atoms with Crippen LogP contribution in [0.25, 0.3) is 0 Å². The lowest BCUT2D eigenvalue weighted by atomic mass is 10.2. The van der Waals surface area contributed by atoms with Crippen LogP contribution in [-0.2, 0) is 0 Å². The summed E-state index contributed by atoms with van der Waals surface area (Å²) in [5.74, 6) is 0.433. The second-order valence-electron chi connectivity index (χ2n) is 8.15. The Hall–Kier alpha value is -3.20. The molecule has 0 bridgehead atoms. The number of carbonyl (C=O) groups is 2. The topological polar surface area (TPSA) is 111 Å². The van der Waals surface area contributed by atoms with Gasteiger partial charge in [0.05, 0.1) is 23.9 Å². The van der Waals surface area contributed by atoms with Crippen LogP contribution >= 0.6 is 0 Å². The fourth-order valence-electron chi connectivity index (χ4n) is 3.56. The van der Waals surface area contributed by atoms with Crippen LogP contribution < -0.4 is 15.5 Å². The Morgan fingerprint density at radius 1 is 1.12 bits per heavy atom. The quantitative estimate of drug-likeness (QED) is 0.574. The van der Waals surface area contributed by atoms with Crippen LogP contribution in [0.3, 0.4) is 0 Å². The number of nitrogens with one attached hydrogen (secondary N) is 2. The first-order valence-corrected chi connectivity index (χ1v) is 11.1. The number of carbonyl (C=O) groups excluding carboxylic acids is 2. The van der Waals surface area contributed by atoms with Crippen LogP contribution in [0.4, 0.5) is 11.5 Å². The van der Waals surface area contributed by atoms with Gasteiger partial charge in [-0.05, 0) is 44.5 Å². The minimum absolute atomic E-state index is 0.119. The third kappa shape index (κ3) is 5.73. The molecule has 0 saturated carbocycles.